The largest absolute Gasteiger partial charge is 0.497 e. The third kappa shape index (κ3) is 6.62. The number of carbonyl (C=O) groups excluding carboxylic acids is 2. The summed E-state index contributed by atoms with van der Waals surface area (Å²) in [5.74, 6) is -1.60. The van der Waals surface area contributed by atoms with Crippen molar-refractivity contribution in [3.05, 3.63) is 59.0 Å². The summed E-state index contributed by atoms with van der Waals surface area (Å²) in [7, 11) is 1.57. The minimum absolute atomic E-state index is 0.260. The SMILES string of the molecule is CC[C@H](C)[C@H](NC(=O)CNC(=O)COc1ccc2c(-c3ccc(OC)cc3)cc(=O)oc2c1)C(=O)O. The molecule has 0 bridgehead atoms. The first-order valence-electron chi connectivity index (χ1n) is 11.4. The van der Waals surface area contributed by atoms with Gasteiger partial charge in [-0.2, -0.15) is 0 Å². The number of hydrogen-bond acceptors (Lipinski definition) is 7. The van der Waals surface area contributed by atoms with E-state index in [1.165, 1.54) is 12.1 Å². The molecule has 0 saturated carbocycles. The highest BCUT2D eigenvalue weighted by molar-refractivity contribution is 5.94. The fraction of sp³-hybridized carbons (Fsp3) is 0.308. The number of nitrogens with one attached hydrogen (secondary N) is 2. The standard InChI is InChI=1S/C26H28N2O8/c1-4-15(2)25(26(32)33)28-22(29)13-27-23(30)14-35-18-9-10-19-20(12-24(31)36-21(19)11-18)16-5-7-17(34-3)8-6-16/h5-12,15,25H,4,13-14H2,1-3H3,(H,27,30)(H,28,29)(H,32,33)/t15-,25-/m0/s1. The van der Waals surface area contributed by atoms with Crippen LogP contribution in [0.5, 0.6) is 11.5 Å². The quantitative estimate of drug-likeness (QED) is 0.344. The topological polar surface area (TPSA) is 144 Å². The van der Waals surface area contributed by atoms with E-state index in [4.69, 9.17) is 13.9 Å². The summed E-state index contributed by atoms with van der Waals surface area (Å²) < 4.78 is 16.0. The lowest BCUT2D eigenvalue weighted by Crippen LogP contribution is -2.48. The van der Waals surface area contributed by atoms with E-state index in [9.17, 15) is 24.3 Å². The molecule has 10 heteroatoms. The zero-order valence-corrected chi connectivity index (χ0v) is 20.2. The van der Waals surface area contributed by atoms with Gasteiger partial charge in [0.05, 0.1) is 13.7 Å². The molecule has 2 amide bonds. The second-order valence-corrected chi connectivity index (χ2v) is 8.20. The van der Waals surface area contributed by atoms with Gasteiger partial charge in [-0.3, -0.25) is 9.59 Å². The van der Waals surface area contributed by atoms with Crippen molar-refractivity contribution in [1.29, 1.82) is 0 Å². The number of carboxylic acid groups (broad SMARTS) is 1. The van der Waals surface area contributed by atoms with Crippen LogP contribution in [0.15, 0.2) is 57.7 Å². The van der Waals surface area contributed by atoms with Crippen molar-refractivity contribution in [2.45, 2.75) is 26.3 Å². The lowest BCUT2D eigenvalue weighted by Gasteiger charge is -2.20. The van der Waals surface area contributed by atoms with E-state index in [0.717, 1.165) is 5.56 Å². The number of methoxy groups -OCH3 is 1. The normalized spacial score (nSPS) is 12.4. The lowest BCUT2D eigenvalue weighted by molar-refractivity contribution is -0.143. The van der Waals surface area contributed by atoms with E-state index < -0.39 is 36.1 Å². The molecular weight excluding hydrogens is 468 g/mol. The maximum Gasteiger partial charge on any atom is 0.336 e. The molecule has 0 unspecified atom stereocenters. The highest BCUT2D eigenvalue weighted by atomic mass is 16.5. The fourth-order valence-electron chi connectivity index (χ4n) is 3.53. The molecule has 0 spiro atoms. The molecule has 0 fully saturated rings. The summed E-state index contributed by atoms with van der Waals surface area (Å²) in [6, 6.07) is 12.5. The first-order chi connectivity index (χ1) is 17.2. The molecule has 3 rings (SSSR count). The van der Waals surface area contributed by atoms with Crippen molar-refractivity contribution in [1.82, 2.24) is 10.6 Å². The van der Waals surface area contributed by atoms with Crippen molar-refractivity contribution >= 4 is 28.8 Å². The Kier molecular flexibility index (Phi) is 8.66. The summed E-state index contributed by atoms with van der Waals surface area (Å²) in [6.45, 7) is 2.76. The molecule has 2 aromatic carbocycles. The lowest BCUT2D eigenvalue weighted by atomic mass is 9.99. The zero-order chi connectivity index (χ0) is 26.2. The number of benzene rings is 2. The van der Waals surface area contributed by atoms with Gasteiger partial charge >= 0.3 is 11.6 Å². The number of rotatable bonds is 11. The first-order valence-corrected chi connectivity index (χ1v) is 11.4. The van der Waals surface area contributed by atoms with Gasteiger partial charge in [0.1, 0.15) is 23.1 Å². The van der Waals surface area contributed by atoms with Crippen LogP contribution in [0.4, 0.5) is 0 Å². The Bertz CT molecular complexity index is 1300. The van der Waals surface area contributed by atoms with Crippen LogP contribution in [-0.4, -0.2) is 49.2 Å². The van der Waals surface area contributed by atoms with Crippen molar-refractivity contribution in [2.75, 3.05) is 20.3 Å². The van der Waals surface area contributed by atoms with Gasteiger partial charge in [-0.25, -0.2) is 9.59 Å². The Morgan fingerprint density at radius 3 is 2.36 bits per heavy atom. The number of amides is 2. The van der Waals surface area contributed by atoms with Crippen LogP contribution >= 0.6 is 0 Å². The average molecular weight is 497 g/mol. The number of aliphatic carboxylic acids is 1. The first kappa shape index (κ1) is 26.3. The average Bonchev–Trinajstić information content (AvgIpc) is 2.88. The van der Waals surface area contributed by atoms with Crippen LogP contribution in [0.2, 0.25) is 0 Å². The second-order valence-electron chi connectivity index (χ2n) is 8.20. The molecule has 0 saturated heterocycles. The van der Waals surface area contributed by atoms with E-state index in [-0.39, 0.29) is 18.0 Å². The number of carboxylic acids is 1. The van der Waals surface area contributed by atoms with Crippen LogP contribution in [0.25, 0.3) is 22.1 Å². The monoisotopic (exact) mass is 496 g/mol. The molecule has 1 aromatic heterocycles. The molecule has 0 aliphatic rings. The highest BCUT2D eigenvalue weighted by Crippen LogP contribution is 2.30. The minimum Gasteiger partial charge on any atom is -0.497 e. The molecule has 2 atom stereocenters. The van der Waals surface area contributed by atoms with E-state index in [2.05, 4.69) is 10.6 Å². The number of fused-ring (bicyclic) bond motifs is 1. The third-order valence-electron chi connectivity index (χ3n) is 5.73. The van der Waals surface area contributed by atoms with Crippen molar-refractivity contribution in [2.24, 2.45) is 5.92 Å². The molecule has 3 N–H and O–H groups in total. The van der Waals surface area contributed by atoms with Crippen LogP contribution in [0.1, 0.15) is 20.3 Å². The smallest absolute Gasteiger partial charge is 0.336 e. The molecule has 36 heavy (non-hydrogen) atoms. The molecule has 0 aliphatic heterocycles. The fourth-order valence-corrected chi connectivity index (χ4v) is 3.53. The molecule has 0 aliphatic carbocycles. The van der Waals surface area contributed by atoms with Crippen molar-refractivity contribution in [3.63, 3.8) is 0 Å². The summed E-state index contributed by atoms with van der Waals surface area (Å²) in [4.78, 5) is 47.6. The van der Waals surface area contributed by atoms with Crippen LogP contribution in [-0.2, 0) is 14.4 Å². The Balaban J connectivity index is 1.62. The Hall–Kier alpha value is -4.34. The molecule has 3 aromatic rings. The van der Waals surface area contributed by atoms with Crippen molar-refractivity contribution < 1.29 is 33.4 Å². The van der Waals surface area contributed by atoms with Gasteiger partial charge in [-0.05, 0) is 41.3 Å². The minimum atomic E-state index is -1.13. The van der Waals surface area contributed by atoms with E-state index in [1.807, 2.05) is 19.1 Å². The van der Waals surface area contributed by atoms with Gasteiger partial charge < -0.3 is 29.6 Å². The van der Waals surface area contributed by atoms with Gasteiger partial charge in [0, 0.05) is 17.5 Å². The van der Waals surface area contributed by atoms with Gasteiger partial charge in [0.25, 0.3) is 5.91 Å². The summed E-state index contributed by atoms with van der Waals surface area (Å²) in [6.07, 6.45) is 0.574. The summed E-state index contributed by atoms with van der Waals surface area (Å²) in [5.41, 5.74) is 1.23. The number of hydrogen-bond donors (Lipinski definition) is 3. The second kappa shape index (κ2) is 11.9. The van der Waals surface area contributed by atoms with Gasteiger partial charge in [0.2, 0.25) is 5.91 Å². The predicted octanol–water partition coefficient (Wildman–Crippen LogP) is 2.58. The highest BCUT2D eigenvalue weighted by Gasteiger charge is 2.25. The Morgan fingerprint density at radius 1 is 1.03 bits per heavy atom. The van der Waals surface area contributed by atoms with E-state index in [1.54, 1.807) is 38.3 Å². The summed E-state index contributed by atoms with van der Waals surface area (Å²) in [5, 5.41) is 14.7. The number of carbonyl (C=O) groups is 3. The van der Waals surface area contributed by atoms with Crippen LogP contribution in [0.3, 0.4) is 0 Å². The maximum absolute atomic E-state index is 12.1. The van der Waals surface area contributed by atoms with Crippen LogP contribution < -0.4 is 25.7 Å². The van der Waals surface area contributed by atoms with Gasteiger partial charge in [0.15, 0.2) is 6.61 Å². The molecule has 190 valence electrons. The van der Waals surface area contributed by atoms with Crippen molar-refractivity contribution in [3.8, 4) is 22.6 Å². The molecular formula is C26H28N2O8. The van der Waals surface area contributed by atoms with Gasteiger partial charge in [-0.1, -0.05) is 32.4 Å². The third-order valence-corrected chi connectivity index (χ3v) is 5.73. The van der Waals surface area contributed by atoms with E-state index >= 15 is 0 Å². The van der Waals surface area contributed by atoms with Gasteiger partial charge in [-0.15, -0.1) is 0 Å². The Labute approximate surface area is 207 Å². The summed E-state index contributed by atoms with van der Waals surface area (Å²) >= 11 is 0. The molecule has 1 heterocycles. The zero-order valence-electron chi connectivity index (χ0n) is 20.2. The molecule has 10 nitrogen and oxygen atoms in total. The van der Waals surface area contributed by atoms with Crippen LogP contribution in [0, 0.1) is 5.92 Å². The maximum atomic E-state index is 12.1. The number of ether oxygens (including phenoxy) is 2. The molecule has 0 radical (unpaired) electrons. The van der Waals surface area contributed by atoms with E-state index in [0.29, 0.717) is 28.9 Å². The Morgan fingerprint density at radius 2 is 1.72 bits per heavy atom. The predicted molar refractivity (Wildman–Crippen MR) is 132 cm³/mol.